The second kappa shape index (κ2) is 9.52. The van der Waals surface area contributed by atoms with Crippen molar-refractivity contribution in [1.29, 1.82) is 0 Å². The fraction of sp³-hybridized carbons (Fsp3) is 0.455. The van der Waals surface area contributed by atoms with E-state index in [0.717, 1.165) is 24.3 Å². The van der Waals surface area contributed by atoms with Gasteiger partial charge in [-0.3, -0.25) is 9.59 Å². The zero-order valence-corrected chi connectivity index (χ0v) is 17.2. The third kappa shape index (κ3) is 5.04. The molecule has 2 amide bonds. The molecule has 0 N–H and O–H groups in total. The highest BCUT2D eigenvalue weighted by Crippen LogP contribution is 2.19. The summed E-state index contributed by atoms with van der Waals surface area (Å²) in [7, 11) is 0. The normalized spacial score (nSPS) is 21.9. The largest absolute Gasteiger partial charge is 0.376 e. The topological polar surface area (TPSA) is 59.1 Å². The Morgan fingerprint density at radius 2 is 1.83 bits per heavy atom. The van der Waals surface area contributed by atoms with Crippen LogP contribution in [0.3, 0.4) is 0 Å². The van der Waals surface area contributed by atoms with Crippen molar-refractivity contribution in [2.24, 2.45) is 0 Å². The van der Waals surface area contributed by atoms with Gasteiger partial charge in [-0.25, -0.2) is 0 Å². The van der Waals surface area contributed by atoms with Crippen LogP contribution in [0, 0.1) is 0 Å². The van der Waals surface area contributed by atoms with E-state index in [1.165, 1.54) is 11.3 Å². The van der Waals surface area contributed by atoms with Crippen LogP contribution in [0.5, 0.6) is 0 Å². The van der Waals surface area contributed by atoms with Crippen molar-refractivity contribution in [2.75, 3.05) is 39.4 Å². The van der Waals surface area contributed by atoms with Crippen molar-refractivity contribution in [2.45, 2.75) is 25.0 Å². The van der Waals surface area contributed by atoms with Crippen LogP contribution in [0.1, 0.15) is 32.9 Å². The first kappa shape index (κ1) is 20.1. The van der Waals surface area contributed by atoms with Gasteiger partial charge in [0.25, 0.3) is 11.8 Å². The summed E-state index contributed by atoms with van der Waals surface area (Å²) in [6.45, 7) is 3.29. The lowest BCUT2D eigenvalue weighted by molar-refractivity contribution is -0.0374. The summed E-state index contributed by atoms with van der Waals surface area (Å²) in [5, 5.41) is 1.91. The first-order chi connectivity index (χ1) is 14.2. The molecule has 0 bridgehead atoms. The van der Waals surface area contributed by atoms with Crippen LogP contribution in [0.15, 0.2) is 47.8 Å². The Kier molecular flexibility index (Phi) is 6.59. The quantitative estimate of drug-likeness (QED) is 0.729. The SMILES string of the molecule is O=C(c1ccccc1)N(CC1CCCO1)CC1CN(C(=O)c2cccs2)CCO1. The molecule has 6 nitrogen and oxygen atoms in total. The molecule has 2 aromatic rings. The van der Waals surface area contributed by atoms with Crippen molar-refractivity contribution >= 4 is 23.2 Å². The summed E-state index contributed by atoms with van der Waals surface area (Å²) in [6, 6.07) is 13.0. The van der Waals surface area contributed by atoms with Gasteiger partial charge in [0.2, 0.25) is 0 Å². The highest BCUT2D eigenvalue weighted by Gasteiger charge is 2.30. The minimum absolute atomic E-state index is 0.0218. The van der Waals surface area contributed by atoms with Gasteiger partial charge in [0, 0.05) is 38.3 Å². The molecule has 1 aromatic carbocycles. The molecular formula is C22H26N2O4S. The first-order valence-electron chi connectivity index (χ1n) is 10.1. The maximum Gasteiger partial charge on any atom is 0.264 e. The molecule has 7 heteroatoms. The number of ether oxygens (including phenoxy) is 2. The molecule has 2 atom stereocenters. The number of thiophene rings is 1. The van der Waals surface area contributed by atoms with E-state index in [4.69, 9.17) is 9.47 Å². The fourth-order valence-corrected chi connectivity index (χ4v) is 4.54. The van der Waals surface area contributed by atoms with Crippen LogP contribution in [0.4, 0.5) is 0 Å². The molecule has 2 fully saturated rings. The zero-order valence-electron chi connectivity index (χ0n) is 16.4. The van der Waals surface area contributed by atoms with Crippen molar-refractivity contribution in [1.82, 2.24) is 9.80 Å². The Morgan fingerprint density at radius 1 is 1.03 bits per heavy atom. The van der Waals surface area contributed by atoms with Gasteiger partial charge in [0.05, 0.1) is 23.7 Å². The predicted molar refractivity (Wildman–Crippen MR) is 111 cm³/mol. The van der Waals surface area contributed by atoms with Gasteiger partial charge >= 0.3 is 0 Å². The second-order valence-corrected chi connectivity index (χ2v) is 8.38. The standard InChI is InChI=1S/C22H26N2O4S/c25-21(17-6-2-1-3-7-17)24(14-18-8-4-11-27-18)16-19-15-23(10-12-28-19)22(26)20-9-5-13-29-20/h1-3,5-7,9,13,18-19H,4,8,10-12,14-16H2. The van der Waals surface area contributed by atoms with Gasteiger partial charge in [-0.1, -0.05) is 24.3 Å². The lowest BCUT2D eigenvalue weighted by Gasteiger charge is -2.36. The molecule has 154 valence electrons. The van der Waals surface area contributed by atoms with Crippen LogP contribution in [-0.2, 0) is 9.47 Å². The lowest BCUT2D eigenvalue weighted by atomic mass is 10.1. The average Bonchev–Trinajstić information content (AvgIpc) is 3.47. The maximum absolute atomic E-state index is 13.1. The van der Waals surface area contributed by atoms with Crippen LogP contribution >= 0.6 is 11.3 Å². The smallest absolute Gasteiger partial charge is 0.264 e. The van der Waals surface area contributed by atoms with Crippen LogP contribution in [-0.4, -0.2) is 73.2 Å². The number of hydrogen-bond acceptors (Lipinski definition) is 5. The Labute approximate surface area is 175 Å². The van der Waals surface area contributed by atoms with Crippen molar-refractivity contribution in [3.8, 4) is 0 Å². The summed E-state index contributed by atoms with van der Waals surface area (Å²) in [6.07, 6.45) is 1.85. The molecule has 1 aromatic heterocycles. The van der Waals surface area contributed by atoms with E-state index in [2.05, 4.69) is 0 Å². The van der Waals surface area contributed by atoms with Gasteiger partial charge < -0.3 is 19.3 Å². The van der Waals surface area contributed by atoms with Crippen LogP contribution in [0.25, 0.3) is 0 Å². The summed E-state index contributed by atoms with van der Waals surface area (Å²) < 4.78 is 11.7. The number of morpholine rings is 1. The number of amides is 2. The molecule has 2 aliphatic rings. The zero-order chi connectivity index (χ0) is 20.1. The van der Waals surface area contributed by atoms with E-state index in [9.17, 15) is 9.59 Å². The van der Waals surface area contributed by atoms with Gasteiger partial charge in [0.15, 0.2) is 0 Å². The third-order valence-corrected chi connectivity index (χ3v) is 6.20. The molecule has 0 aliphatic carbocycles. The maximum atomic E-state index is 13.1. The van der Waals surface area contributed by atoms with Gasteiger partial charge in [-0.2, -0.15) is 0 Å². The van der Waals surface area contributed by atoms with E-state index < -0.39 is 0 Å². The number of carbonyl (C=O) groups excluding carboxylic acids is 2. The molecule has 29 heavy (non-hydrogen) atoms. The Morgan fingerprint density at radius 3 is 2.55 bits per heavy atom. The number of hydrogen-bond donors (Lipinski definition) is 0. The average molecular weight is 415 g/mol. The summed E-state index contributed by atoms with van der Waals surface area (Å²) >= 11 is 1.45. The van der Waals surface area contributed by atoms with Crippen molar-refractivity contribution in [3.05, 3.63) is 58.3 Å². The third-order valence-electron chi connectivity index (χ3n) is 5.34. The molecule has 2 saturated heterocycles. The molecule has 0 spiro atoms. The van der Waals surface area contributed by atoms with Crippen molar-refractivity contribution in [3.63, 3.8) is 0 Å². The van der Waals surface area contributed by atoms with Crippen molar-refractivity contribution < 1.29 is 19.1 Å². The monoisotopic (exact) mass is 414 g/mol. The number of carbonyl (C=O) groups is 2. The van der Waals surface area contributed by atoms with E-state index >= 15 is 0 Å². The summed E-state index contributed by atoms with van der Waals surface area (Å²) in [4.78, 5) is 30.2. The summed E-state index contributed by atoms with van der Waals surface area (Å²) in [5.74, 6) is 0.0137. The second-order valence-electron chi connectivity index (χ2n) is 7.43. The molecule has 3 heterocycles. The van der Waals surface area contributed by atoms with Gasteiger partial charge in [-0.05, 0) is 36.4 Å². The predicted octanol–water partition coefficient (Wildman–Crippen LogP) is 2.91. The van der Waals surface area contributed by atoms with E-state index in [1.54, 1.807) is 0 Å². The molecule has 0 saturated carbocycles. The first-order valence-corrected chi connectivity index (χ1v) is 11.0. The fourth-order valence-electron chi connectivity index (χ4n) is 3.85. The molecular weight excluding hydrogens is 388 g/mol. The highest BCUT2D eigenvalue weighted by atomic mass is 32.1. The minimum Gasteiger partial charge on any atom is -0.376 e. The van der Waals surface area contributed by atoms with Gasteiger partial charge in [-0.15, -0.1) is 11.3 Å². The van der Waals surface area contributed by atoms with E-state index in [0.29, 0.717) is 38.3 Å². The van der Waals surface area contributed by atoms with E-state index in [-0.39, 0.29) is 24.0 Å². The van der Waals surface area contributed by atoms with Gasteiger partial charge in [0.1, 0.15) is 0 Å². The minimum atomic E-state index is -0.207. The Bertz CT molecular complexity index is 805. The number of rotatable bonds is 6. The molecule has 2 unspecified atom stereocenters. The van der Waals surface area contributed by atoms with Crippen LogP contribution < -0.4 is 0 Å². The highest BCUT2D eigenvalue weighted by molar-refractivity contribution is 7.12. The Hall–Kier alpha value is -2.22. The summed E-state index contributed by atoms with van der Waals surface area (Å²) in [5.41, 5.74) is 0.660. The Balaban J connectivity index is 1.44. The lowest BCUT2D eigenvalue weighted by Crippen LogP contribution is -2.51. The molecule has 0 radical (unpaired) electrons. The molecule has 2 aliphatic heterocycles. The number of benzene rings is 1. The van der Waals surface area contributed by atoms with Crippen LogP contribution in [0.2, 0.25) is 0 Å². The van der Waals surface area contributed by atoms with E-state index in [1.807, 2.05) is 57.6 Å². The molecule has 4 rings (SSSR count). The number of nitrogens with zero attached hydrogens (tertiary/aromatic N) is 2.